The van der Waals surface area contributed by atoms with Gasteiger partial charge in [0.15, 0.2) is 0 Å². The molecule has 0 saturated carbocycles. The molecule has 0 N–H and O–H groups in total. The SMILES string of the molecule is [C-]#N.[C-]#N.[Pb]. The molecule has 0 atom stereocenters. The maximum atomic E-state index is 6.25. The summed E-state index contributed by atoms with van der Waals surface area (Å²) in [6, 6.07) is 0. The van der Waals surface area contributed by atoms with Crippen LogP contribution in [-0.2, 0) is 0 Å². The van der Waals surface area contributed by atoms with E-state index in [0.717, 1.165) is 0 Å². The van der Waals surface area contributed by atoms with Crippen molar-refractivity contribution >= 4 is 27.3 Å². The van der Waals surface area contributed by atoms with E-state index in [1.54, 1.807) is 0 Å². The first-order chi connectivity index (χ1) is 2.00. The summed E-state index contributed by atoms with van der Waals surface area (Å²) < 4.78 is 0. The second kappa shape index (κ2) is 3430. The Hall–Kier alpha value is -0.0979. The van der Waals surface area contributed by atoms with Gasteiger partial charge in [0.05, 0.1) is 0 Å². The molecular weight excluding hydrogens is 259 g/mol. The van der Waals surface area contributed by atoms with Gasteiger partial charge in [-0.1, -0.05) is 0 Å². The minimum absolute atomic E-state index is 0. The third kappa shape index (κ3) is 1470. The van der Waals surface area contributed by atoms with Crippen LogP contribution >= 0.6 is 0 Å². The van der Waals surface area contributed by atoms with Crippen molar-refractivity contribution in [1.82, 2.24) is 0 Å². The average Bonchev–Trinajstić information content (AvgIpc) is 1.50. The summed E-state index contributed by atoms with van der Waals surface area (Å²) in [4.78, 5) is 0. The van der Waals surface area contributed by atoms with Crippen LogP contribution in [0.15, 0.2) is 0 Å². The number of nitrogens with zero attached hydrogens (tertiary/aromatic N) is 2. The largest absolute Gasteiger partial charge is 0.512 e. The average molecular weight is 259 g/mol. The zero-order chi connectivity index (χ0) is 4.00. The van der Waals surface area contributed by atoms with Crippen LogP contribution in [0.3, 0.4) is 0 Å². The maximum Gasteiger partial charge on any atom is 0 e. The molecule has 0 amide bonds. The van der Waals surface area contributed by atoms with E-state index in [0.29, 0.717) is 0 Å². The topological polar surface area (TPSA) is 47.6 Å². The van der Waals surface area contributed by atoms with Crippen LogP contribution in [0.5, 0.6) is 0 Å². The van der Waals surface area contributed by atoms with E-state index < -0.39 is 0 Å². The van der Waals surface area contributed by atoms with E-state index in [-0.39, 0.29) is 27.3 Å². The van der Waals surface area contributed by atoms with Crippen molar-refractivity contribution in [2.45, 2.75) is 0 Å². The Morgan fingerprint density at radius 1 is 0.800 bits per heavy atom. The quantitative estimate of drug-likeness (QED) is 0.447. The van der Waals surface area contributed by atoms with Crippen LogP contribution in [0.4, 0.5) is 0 Å². The van der Waals surface area contributed by atoms with Crippen molar-refractivity contribution in [1.29, 1.82) is 10.5 Å². The molecule has 0 aromatic carbocycles. The second-order valence-corrected chi connectivity index (χ2v) is 0. The summed E-state index contributed by atoms with van der Waals surface area (Å²) in [5, 5.41) is 12.5. The Morgan fingerprint density at radius 2 is 0.800 bits per heavy atom. The fraction of sp³-hybridized carbons (Fsp3) is 0. The summed E-state index contributed by atoms with van der Waals surface area (Å²) in [7, 11) is 0. The van der Waals surface area contributed by atoms with Gasteiger partial charge in [0, 0.05) is 27.3 Å². The van der Waals surface area contributed by atoms with Gasteiger partial charge in [0.2, 0.25) is 0 Å². The first-order valence-electron chi connectivity index (χ1n) is 0.447. The summed E-state index contributed by atoms with van der Waals surface area (Å²) in [6.07, 6.45) is 0. The summed E-state index contributed by atoms with van der Waals surface area (Å²) >= 11 is 0. The predicted molar refractivity (Wildman–Crippen MR) is 15.7 cm³/mol. The molecular formula is C2N2Pb-2. The molecule has 0 spiro atoms. The smallest absolute Gasteiger partial charge is 0 e. The molecule has 0 heterocycles. The summed E-state index contributed by atoms with van der Waals surface area (Å²) in [5.74, 6) is 0. The zero-order valence-electron chi connectivity index (χ0n) is 2.39. The monoisotopic (exact) mass is 260 g/mol. The van der Waals surface area contributed by atoms with Gasteiger partial charge in [-0.05, 0) is 0 Å². The Labute approximate surface area is 51.2 Å². The molecule has 5 heavy (non-hydrogen) atoms. The Balaban J connectivity index is -0.0000000133. The van der Waals surface area contributed by atoms with Gasteiger partial charge >= 0.3 is 0 Å². The molecule has 2 nitrogen and oxygen atoms in total. The van der Waals surface area contributed by atoms with Gasteiger partial charge in [0.1, 0.15) is 0 Å². The maximum absolute atomic E-state index is 6.25. The van der Waals surface area contributed by atoms with Crippen molar-refractivity contribution in [2.24, 2.45) is 0 Å². The molecule has 0 saturated heterocycles. The second-order valence-electron chi connectivity index (χ2n) is 0. The molecule has 3 heteroatoms. The Morgan fingerprint density at radius 3 is 0.800 bits per heavy atom. The predicted octanol–water partition coefficient (Wildman–Crippen LogP) is -0.188. The van der Waals surface area contributed by atoms with Gasteiger partial charge in [0.25, 0.3) is 0 Å². The molecule has 0 aliphatic heterocycles. The Bertz CT molecular complexity index is 23.1. The van der Waals surface area contributed by atoms with Gasteiger partial charge < -0.3 is 23.7 Å². The molecule has 0 aromatic rings. The van der Waals surface area contributed by atoms with Crippen molar-refractivity contribution in [3.63, 3.8) is 0 Å². The Kier molecular flexibility index (Phi) is 14100. The minimum Gasteiger partial charge on any atom is -0.512 e. The number of hydrogen-bond donors (Lipinski definition) is 0. The van der Waals surface area contributed by atoms with Crippen LogP contribution in [0.25, 0.3) is 0 Å². The van der Waals surface area contributed by atoms with Gasteiger partial charge in [-0.25, -0.2) is 0 Å². The van der Waals surface area contributed by atoms with Crippen LogP contribution < -0.4 is 0 Å². The fourth-order valence-corrected chi connectivity index (χ4v) is 0. The number of rotatable bonds is 0. The minimum atomic E-state index is 0. The van der Waals surface area contributed by atoms with Crippen molar-refractivity contribution in [2.75, 3.05) is 0 Å². The van der Waals surface area contributed by atoms with E-state index in [9.17, 15) is 0 Å². The summed E-state index contributed by atoms with van der Waals surface area (Å²) in [5.41, 5.74) is 0. The van der Waals surface area contributed by atoms with Crippen LogP contribution in [-0.4, -0.2) is 27.3 Å². The summed E-state index contributed by atoms with van der Waals surface area (Å²) in [6.45, 7) is 9.50. The van der Waals surface area contributed by atoms with Crippen LogP contribution in [0.2, 0.25) is 0 Å². The van der Waals surface area contributed by atoms with Gasteiger partial charge in [-0.15, -0.1) is 0 Å². The molecule has 0 aliphatic carbocycles. The van der Waals surface area contributed by atoms with Crippen LogP contribution in [0, 0.1) is 23.7 Å². The third-order valence-corrected chi connectivity index (χ3v) is 0. The molecule has 0 bridgehead atoms. The molecule has 0 fully saturated rings. The fourth-order valence-electron chi connectivity index (χ4n) is 0. The first-order valence-corrected chi connectivity index (χ1v) is 0.447. The van der Waals surface area contributed by atoms with E-state index >= 15 is 0 Å². The van der Waals surface area contributed by atoms with Crippen LogP contribution in [0.1, 0.15) is 0 Å². The molecule has 24 valence electrons. The van der Waals surface area contributed by atoms with E-state index in [2.05, 4.69) is 0 Å². The third-order valence-electron chi connectivity index (χ3n) is 0. The molecule has 0 unspecified atom stereocenters. The number of hydrogen-bond acceptors (Lipinski definition) is 2. The van der Waals surface area contributed by atoms with Crippen molar-refractivity contribution < 1.29 is 0 Å². The van der Waals surface area contributed by atoms with E-state index in [1.807, 2.05) is 0 Å². The molecule has 4 radical (unpaired) electrons. The van der Waals surface area contributed by atoms with E-state index in [4.69, 9.17) is 23.7 Å². The normalized spacial score (nSPS) is 0.800. The van der Waals surface area contributed by atoms with E-state index in [1.165, 1.54) is 0 Å². The zero-order valence-corrected chi connectivity index (χ0v) is 6.28. The van der Waals surface area contributed by atoms with Crippen molar-refractivity contribution in [3.8, 4) is 0 Å². The standard InChI is InChI=1S/2CN.Pb/c2*1-2;/q2*-1;. The molecule has 0 aromatic heterocycles. The van der Waals surface area contributed by atoms with Gasteiger partial charge in [-0.2, -0.15) is 0 Å². The van der Waals surface area contributed by atoms with Gasteiger partial charge in [-0.3, -0.25) is 0 Å². The first kappa shape index (κ1) is 20.6. The molecule has 0 rings (SSSR count). The molecule has 0 aliphatic rings. The van der Waals surface area contributed by atoms with Crippen molar-refractivity contribution in [3.05, 3.63) is 13.1 Å².